The van der Waals surface area contributed by atoms with Gasteiger partial charge in [0, 0.05) is 24.0 Å². The van der Waals surface area contributed by atoms with Crippen LogP contribution in [0.5, 0.6) is 11.5 Å². The molecule has 0 saturated carbocycles. The van der Waals surface area contributed by atoms with Gasteiger partial charge in [0.05, 0.1) is 26.3 Å². The third-order valence-electron chi connectivity index (χ3n) is 3.46. The van der Waals surface area contributed by atoms with Crippen molar-refractivity contribution in [1.29, 1.82) is 0 Å². The van der Waals surface area contributed by atoms with Crippen LogP contribution in [0, 0.1) is 0 Å². The molecule has 0 bridgehead atoms. The molecule has 2 aromatic rings. The van der Waals surface area contributed by atoms with Gasteiger partial charge in [-0.05, 0) is 6.07 Å². The summed E-state index contributed by atoms with van der Waals surface area (Å²) in [5, 5.41) is 3.18. The number of hydrogen-bond donors (Lipinski definition) is 4. The summed E-state index contributed by atoms with van der Waals surface area (Å²) in [4.78, 5) is 11.5. The summed E-state index contributed by atoms with van der Waals surface area (Å²) in [6.45, 7) is 0. The number of nitrogens with two attached hydrogens (primary N) is 2. The van der Waals surface area contributed by atoms with Crippen molar-refractivity contribution in [3.63, 3.8) is 0 Å². The van der Waals surface area contributed by atoms with E-state index in [1.807, 2.05) is 0 Å². The molecular weight excluding hydrogens is 284 g/mol. The van der Waals surface area contributed by atoms with E-state index in [0.29, 0.717) is 23.8 Å². The third-order valence-corrected chi connectivity index (χ3v) is 3.46. The van der Waals surface area contributed by atoms with E-state index in [1.54, 1.807) is 38.7 Å². The van der Waals surface area contributed by atoms with Gasteiger partial charge in [-0.3, -0.25) is 5.73 Å². The van der Waals surface area contributed by atoms with E-state index >= 15 is 0 Å². The number of hydrogen-bond acceptors (Lipinski definition) is 7. The van der Waals surface area contributed by atoms with Crippen molar-refractivity contribution in [1.82, 2.24) is 9.97 Å². The predicted octanol–water partition coefficient (Wildman–Crippen LogP) is 0.413. The van der Waals surface area contributed by atoms with Crippen LogP contribution in [-0.2, 0) is 6.42 Å². The van der Waals surface area contributed by atoms with Crippen molar-refractivity contribution in [2.24, 2.45) is 16.5 Å². The Bertz CT molecular complexity index is 712. The lowest BCUT2D eigenvalue weighted by molar-refractivity contribution is 0.354. The molecule has 1 aromatic heterocycles. The van der Waals surface area contributed by atoms with Crippen molar-refractivity contribution in [3.05, 3.63) is 35.9 Å². The fourth-order valence-electron chi connectivity index (χ4n) is 2.46. The van der Waals surface area contributed by atoms with Crippen LogP contribution in [0.4, 0.5) is 5.69 Å². The number of aliphatic imine (C=N–C) groups is 1. The molecule has 3 rings (SSSR count). The van der Waals surface area contributed by atoms with Crippen LogP contribution < -0.4 is 26.3 Å². The zero-order valence-electron chi connectivity index (χ0n) is 12.4. The maximum absolute atomic E-state index is 6.31. The summed E-state index contributed by atoms with van der Waals surface area (Å²) in [5.74, 6) is 1.15. The van der Waals surface area contributed by atoms with Crippen molar-refractivity contribution in [2.75, 3.05) is 19.5 Å². The Morgan fingerprint density at radius 2 is 1.95 bits per heavy atom. The van der Waals surface area contributed by atoms with Crippen LogP contribution in [0.3, 0.4) is 0 Å². The van der Waals surface area contributed by atoms with Gasteiger partial charge < -0.3 is 25.5 Å². The Morgan fingerprint density at radius 1 is 1.23 bits per heavy atom. The minimum Gasteiger partial charge on any atom is -0.493 e. The molecule has 8 nitrogen and oxygen atoms in total. The second-order valence-electron chi connectivity index (χ2n) is 5.01. The van der Waals surface area contributed by atoms with E-state index in [4.69, 9.17) is 20.9 Å². The quantitative estimate of drug-likeness (QED) is 0.648. The van der Waals surface area contributed by atoms with Crippen molar-refractivity contribution >= 4 is 11.5 Å². The van der Waals surface area contributed by atoms with Gasteiger partial charge >= 0.3 is 0 Å². The fraction of sp³-hybridized carbons (Fsp3) is 0.286. The summed E-state index contributed by atoms with van der Waals surface area (Å²) < 4.78 is 10.6. The first kappa shape index (κ1) is 14.2. The number of anilines is 1. The summed E-state index contributed by atoms with van der Waals surface area (Å²) in [7, 11) is 3.14. The number of fused-ring (bicyclic) bond motifs is 1. The Kier molecular flexibility index (Phi) is 3.38. The van der Waals surface area contributed by atoms with Crippen molar-refractivity contribution in [3.8, 4) is 11.5 Å². The molecule has 0 fully saturated rings. The van der Waals surface area contributed by atoms with E-state index in [-0.39, 0.29) is 0 Å². The van der Waals surface area contributed by atoms with Gasteiger partial charge in [0.2, 0.25) is 0 Å². The molecule has 0 radical (unpaired) electrons. The zero-order valence-corrected chi connectivity index (χ0v) is 12.4. The normalized spacial score (nSPS) is 19.9. The molecule has 22 heavy (non-hydrogen) atoms. The summed E-state index contributed by atoms with van der Waals surface area (Å²) in [5.41, 5.74) is 13.8. The number of H-pyrrole nitrogens is 1. The Hall–Kier alpha value is -2.74. The van der Waals surface area contributed by atoms with E-state index in [1.165, 1.54) is 0 Å². The monoisotopic (exact) mass is 302 g/mol. The van der Waals surface area contributed by atoms with Crippen LogP contribution >= 0.6 is 0 Å². The first-order valence-electron chi connectivity index (χ1n) is 6.71. The number of nitrogens with zero attached hydrogens (tertiary/aromatic N) is 2. The molecule has 2 heterocycles. The highest BCUT2D eigenvalue weighted by Crippen LogP contribution is 2.36. The first-order chi connectivity index (χ1) is 10.5. The average Bonchev–Trinajstić information content (AvgIpc) is 2.98. The molecule has 8 heteroatoms. The molecule has 1 unspecified atom stereocenters. The van der Waals surface area contributed by atoms with Gasteiger partial charge in [-0.1, -0.05) is 0 Å². The molecule has 1 aliphatic heterocycles. The maximum Gasteiger partial charge on any atom is 0.191 e. The van der Waals surface area contributed by atoms with Gasteiger partial charge in [0.15, 0.2) is 17.3 Å². The van der Waals surface area contributed by atoms with Gasteiger partial charge in [0.1, 0.15) is 11.7 Å². The highest BCUT2D eigenvalue weighted by molar-refractivity contribution is 6.05. The average molecular weight is 302 g/mol. The second-order valence-corrected chi connectivity index (χ2v) is 5.01. The standard InChI is InChI=1S/C14H18N6O2/c1-21-10-5-8-9(6-11(10)22-2)19-14(16,20-13(8)15)7-12-17-3-4-18-12/h3-6,19H,7,16H2,1-2H3,(H2,15,20)(H,17,18). The Labute approximate surface area is 127 Å². The van der Waals surface area contributed by atoms with E-state index < -0.39 is 5.79 Å². The summed E-state index contributed by atoms with van der Waals surface area (Å²) in [6, 6.07) is 3.56. The molecule has 1 aromatic carbocycles. The lowest BCUT2D eigenvalue weighted by Gasteiger charge is -2.32. The Morgan fingerprint density at radius 3 is 2.59 bits per heavy atom. The fourth-order valence-corrected chi connectivity index (χ4v) is 2.46. The van der Waals surface area contributed by atoms with Crippen LogP contribution in [0.25, 0.3) is 0 Å². The number of rotatable bonds is 4. The Balaban J connectivity index is 1.99. The van der Waals surface area contributed by atoms with Gasteiger partial charge in [0.25, 0.3) is 0 Å². The molecule has 116 valence electrons. The highest BCUT2D eigenvalue weighted by Gasteiger charge is 2.32. The summed E-state index contributed by atoms with van der Waals surface area (Å²) in [6.07, 6.45) is 3.77. The smallest absolute Gasteiger partial charge is 0.191 e. The number of aromatic amines is 1. The molecule has 0 spiro atoms. The number of aromatic nitrogens is 2. The van der Waals surface area contributed by atoms with Crippen molar-refractivity contribution in [2.45, 2.75) is 12.2 Å². The number of benzene rings is 1. The SMILES string of the molecule is COc1cc2c(cc1OC)C(N)=NC(N)(Cc1ncc[nH]1)N2. The molecule has 6 N–H and O–H groups in total. The molecule has 0 aliphatic carbocycles. The number of nitrogens with one attached hydrogen (secondary N) is 2. The molecule has 1 aliphatic rings. The van der Waals surface area contributed by atoms with Gasteiger partial charge in [-0.2, -0.15) is 0 Å². The minimum atomic E-state index is -1.07. The van der Waals surface area contributed by atoms with E-state index in [2.05, 4.69) is 20.3 Å². The predicted molar refractivity (Wildman–Crippen MR) is 83.1 cm³/mol. The third kappa shape index (κ3) is 2.44. The van der Waals surface area contributed by atoms with Crippen LogP contribution in [-0.4, -0.2) is 35.8 Å². The number of methoxy groups -OCH3 is 2. The van der Waals surface area contributed by atoms with Crippen molar-refractivity contribution < 1.29 is 9.47 Å². The topological polar surface area (TPSA) is 124 Å². The summed E-state index contributed by atoms with van der Waals surface area (Å²) >= 11 is 0. The van der Waals surface area contributed by atoms with E-state index in [0.717, 1.165) is 17.1 Å². The van der Waals surface area contributed by atoms with Gasteiger partial charge in [-0.15, -0.1) is 0 Å². The first-order valence-corrected chi connectivity index (χ1v) is 6.71. The lowest BCUT2D eigenvalue weighted by atomic mass is 10.1. The van der Waals surface area contributed by atoms with Gasteiger partial charge in [-0.25, -0.2) is 9.98 Å². The van der Waals surface area contributed by atoms with Crippen LogP contribution in [0.1, 0.15) is 11.4 Å². The minimum absolute atomic E-state index is 0.337. The molecular formula is C14H18N6O2. The zero-order chi connectivity index (χ0) is 15.7. The molecule has 0 saturated heterocycles. The second kappa shape index (κ2) is 5.23. The van der Waals surface area contributed by atoms with Crippen LogP contribution in [0.2, 0.25) is 0 Å². The molecule has 0 amide bonds. The van der Waals surface area contributed by atoms with E-state index in [9.17, 15) is 0 Å². The maximum atomic E-state index is 6.31. The van der Waals surface area contributed by atoms with Crippen LogP contribution in [0.15, 0.2) is 29.5 Å². The number of ether oxygens (including phenoxy) is 2. The number of imidazole rings is 1. The highest BCUT2D eigenvalue weighted by atomic mass is 16.5. The molecule has 1 atom stereocenters. The largest absolute Gasteiger partial charge is 0.493 e. The number of amidine groups is 1. The lowest BCUT2D eigenvalue weighted by Crippen LogP contribution is -2.52.